The molecule has 4 heterocycles. The predicted molar refractivity (Wildman–Crippen MR) is 144 cm³/mol. The summed E-state index contributed by atoms with van der Waals surface area (Å²) in [7, 11) is 0. The van der Waals surface area contributed by atoms with Crippen LogP contribution in [0.1, 0.15) is 63.0 Å². The Balaban J connectivity index is 1.54. The smallest absolute Gasteiger partial charge is 0.223 e. The summed E-state index contributed by atoms with van der Waals surface area (Å²) in [5.74, 6) is 0.668. The number of nitrogens with one attached hydrogen (secondary N) is 1. The van der Waals surface area contributed by atoms with Gasteiger partial charge in [-0.25, -0.2) is 4.98 Å². The van der Waals surface area contributed by atoms with Crippen molar-refractivity contribution < 1.29 is 4.79 Å². The maximum absolute atomic E-state index is 13.0. The lowest BCUT2D eigenvalue weighted by Crippen LogP contribution is -2.35. The molecule has 1 amide bonds. The zero-order chi connectivity index (χ0) is 24.5. The number of anilines is 1. The number of rotatable bonds is 1. The highest BCUT2D eigenvalue weighted by molar-refractivity contribution is 6.04. The van der Waals surface area contributed by atoms with Gasteiger partial charge in [-0.15, -0.1) is 0 Å². The Bertz CT molecular complexity index is 1460. The van der Waals surface area contributed by atoms with Gasteiger partial charge < -0.3 is 11.1 Å². The summed E-state index contributed by atoms with van der Waals surface area (Å²) >= 11 is 0. The third-order valence-corrected chi connectivity index (χ3v) is 7.65. The second kappa shape index (κ2) is 9.72. The molecule has 2 aliphatic rings. The standard InChI is InChI=1S/C29H32N6O/c30-28-25-26(22-15-19-9-5-6-13-24(19)32-18-22)34-35-23-12-8-11-20(16-23)29(36)31-14-7-3-1-2-4-10-21(17-33-28)27(25)35/h4-6,9-10,13,15,17-18,20,23H,1-3,7-8,11-12,14,16H2,(H2,30,33)(H,31,36)/t20-,23-/m1/s1. The molecule has 2 atom stereocenters. The van der Waals surface area contributed by atoms with E-state index in [1.54, 1.807) is 0 Å². The zero-order valence-corrected chi connectivity index (χ0v) is 20.5. The summed E-state index contributed by atoms with van der Waals surface area (Å²) in [4.78, 5) is 22.2. The van der Waals surface area contributed by atoms with E-state index in [2.05, 4.69) is 44.3 Å². The van der Waals surface area contributed by atoms with Crippen molar-refractivity contribution in [1.29, 1.82) is 0 Å². The summed E-state index contributed by atoms with van der Waals surface area (Å²) < 4.78 is 2.14. The van der Waals surface area contributed by atoms with Gasteiger partial charge in [-0.1, -0.05) is 43.2 Å². The summed E-state index contributed by atoms with van der Waals surface area (Å²) in [6, 6.07) is 10.3. The highest BCUT2D eigenvalue weighted by Crippen LogP contribution is 2.40. The maximum atomic E-state index is 13.0. The molecule has 184 valence electrons. The fourth-order valence-corrected chi connectivity index (χ4v) is 5.76. The first kappa shape index (κ1) is 22.7. The van der Waals surface area contributed by atoms with Crippen LogP contribution in [0.15, 0.2) is 48.8 Å². The number of carbonyl (C=O) groups excluding carboxylic acids is 1. The van der Waals surface area contributed by atoms with Gasteiger partial charge in [-0.05, 0) is 50.7 Å². The molecule has 0 saturated heterocycles. The Morgan fingerprint density at radius 3 is 2.89 bits per heavy atom. The van der Waals surface area contributed by atoms with E-state index < -0.39 is 0 Å². The van der Waals surface area contributed by atoms with Gasteiger partial charge in [0.1, 0.15) is 11.5 Å². The molecule has 0 radical (unpaired) electrons. The molecule has 1 fully saturated rings. The van der Waals surface area contributed by atoms with E-state index in [4.69, 9.17) is 10.8 Å². The number of pyridine rings is 2. The molecule has 6 rings (SSSR count). The molecule has 2 bridgehead atoms. The lowest BCUT2D eigenvalue weighted by atomic mass is 9.85. The van der Waals surface area contributed by atoms with E-state index in [-0.39, 0.29) is 17.9 Å². The van der Waals surface area contributed by atoms with Gasteiger partial charge in [0.25, 0.3) is 0 Å². The second-order valence-corrected chi connectivity index (χ2v) is 10.1. The number of amides is 1. The van der Waals surface area contributed by atoms with E-state index in [9.17, 15) is 4.79 Å². The van der Waals surface area contributed by atoms with Crippen molar-refractivity contribution in [2.75, 3.05) is 12.3 Å². The number of nitrogens with two attached hydrogens (primary N) is 1. The van der Waals surface area contributed by atoms with Crippen LogP contribution in [0.4, 0.5) is 5.82 Å². The fourth-order valence-electron chi connectivity index (χ4n) is 5.76. The fraction of sp³-hybridized carbons (Fsp3) is 0.379. The van der Waals surface area contributed by atoms with Crippen molar-refractivity contribution >= 4 is 39.6 Å². The monoisotopic (exact) mass is 480 g/mol. The van der Waals surface area contributed by atoms with Crippen molar-refractivity contribution in [3.63, 3.8) is 0 Å². The number of nitrogens with zero attached hydrogens (tertiary/aromatic N) is 4. The molecule has 3 aromatic heterocycles. The topological polar surface area (TPSA) is 98.7 Å². The minimum absolute atomic E-state index is 0.0112. The van der Waals surface area contributed by atoms with Gasteiger partial charge in [0.05, 0.1) is 22.5 Å². The summed E-state index contributed by atoms with van der Waals surface area (Å²) in [6.45, 7) is 0.759. The van der Waals surface area contributed by atoms with E-state index in [1.807, 2.05) is 30.6 Å². The van der Waals surface area contributed by atoms with E-state index in [0.29, 0.717) is 5.82 Å². The minimum atomic E-state index is 0.0112. The van der Waals surface area contributed by atoms with Crippen LogP contribution in [0.5, 0.6) is 0 Å². The van der Waals surface area contributed by atoms with E-state index in [0.717, 1.165) is 96.5 Å². The first-order chi connectivity index (χ1) is 17.7. The number of carbonyl (C=O) groups is 1. The third-order valence-electron chi connectivity index (χ3n) is 7.65. The third kappa shape index (κ3) is 4.23. The van der Waals surface area contributed by atoms with Gasteiger partial charge in [-0.3, -0.25) is 14.5 Å². The Kier molecular flexibility index (Phi) is 6.13. The molecule has 4 aromatic rings. The Hall–Kier alpha value is -3.74. The molecule has 3 N–H and O–H groups in total. The summed E-state index contributed by atoms with van der Waals surface area (Å²) in [5, 5.41) is 10.3. The van der Waals surface area contributed by atoms with Crippen molar-refractivity contribution in [1.82, 2.24) is 25.1 Å². The van der Waals surface area contributed by atoms with Crippen molar-refractivity contribution in [2.45, 2.75) is 57.4 Å². The molecule has 1 saturated carbocycles. The quantitative estimate of drug-likeness (QED) is 0.366. The number of benzene rings is 1. The van der Waals surface area contributed by atoms with E-state index >= 15 is 0 Å². The van der Waals surface area contributed by atoms with Gasteiger partial charge in [-0.2, -0.15) is 5.10 Å². The molecule has 7 heteroatoms. The van der Waals surface area contributed by atoms with Crippen LogP contribution in [-0.4, -0.2) is 32.2 Å². The van der Waals surface area contributed by atoms with Gasteiger partial charge in [0, 0.05) is 41.4 Å². The van der Waals surface area contributed by atoms with Crippen LogP contribution in [0.2, 0.25) is 0 Å². The number of nitrogen functional groups attached to an aromatic ring is 1. The number of aromatic nitrogens is 4. The van der Waals surface area contributed by atoms with Crippen LogP contribution in [-0.2, 0) is 4.79 Å². The highest BCUT2D eigenvalue weighted by atomic mass is 16.1. The Morgan fingerprint density at radius 1 is 1.03 bits per heavy atom. The average Bonchev–Trinajstić information content (AvgIpc) is 3.32. The summed E-state index contributed by atoms with van der Waals surface area (Å²) in [5.41, 5.74) is 11.2. The molecule has 1 aromatic carbocycles. The first-order valence-electron chi connectivity index (χ1n) is 13.1. The van der Waals surface area contributed by atoms with Crippen LogP contribution in [0, 0.1) is 5.92 Å². The normalized spacial score (nSPS) is 21.2. The van der Waals surface area contributed by atoms with Crippen molar-refractivity contribution in [2.24, 2.45) is 5.92 Å². The van der Waals surface area contributed by atoms with Crippen LogP contribution in [0.25, 0.3) is 39.1 Å². The molecule has 0 unspecified atom stereocenters. The molecule has 1 aliphatic heterocycles. The Morgan fingerprint density at radius 2 is 1.94 bits per heavy atom. The molecular formula is C29H32N6O. The zero-order valence-electron chi connectivity index (χ0n) is 20.5. The highest BCUT2D eigenvalue weighted by Gasteiger charge is 2.31. The molecule has 7 nitrogen and oxygen atoms in total. The number of allylic oxidation sites excluding steroid dienone is 1. The van der Waals surface area contributed by atoms with E-state index in [1.165, 1.54) is 0 Å². The summed E-state index contributed by atoms with van der Waals surface area (Å²) in [6.07, 6.45) is 16.0. The molecule has 1 aliphatic carbocycles. The lowest BCUT2D eigenvalue weighted by Gasteiger charge is -2.29. The van der Waals surface area contributed by atoms with Crippen LogP contribution < -0.4 is 11.1 Å². The lowest BCUT2D eigenvalue weighted by molar-refractivity contribution is -0.126. The van der Waals surface area contributed by atoms with Crippen LogP contribution >= 0.6 is 0 Å². The van der Waals surface area contributed by atoms with Crippen molar-refractivity contribution in [3.8, 4) is 11.3 Å². The van der Waals surface area contributed by atoms with Gasteiger partial charge in [0.15, 0.2) is 0 Å². The van der Waals surface area contributed by atoms with Crippen molar-refractivity contribution in [3.05, 3.63) is 54.4 Å². The maximum Gasteiger partial charge on any atom is 0.223 e. The number of fused-ring (bicyclic) bond motifs is 4. The number of hydrogen-bond donors (Lipinski definition) is 2. The predicted octanol–water partition coefficient (Wildman–Crippen LogP) is 5.66. The molecular weight excluding hydrogens is 448 g/mol. The minimum Gasteiger partial charge on any atom is -0.383 e. The van der Waals surface area contributed by atoms with Gasteiger partial charge in [0.2, 0.25) is 5.91 Å². The van der Waals surface area contributed by atoms with Crippen LogP contribution in [0.3, 0.4) is 0 Å². The SMILES string of the molecule is Nc1ncc2c3c1c(-c1cnc4ccccc4c1)nn3[C@@H]1CCC[C@H](C1)C(=O)NCCCCCC=C2. The second-order valence-electron chi connectivity index (χ2n) is 10.1. The molecule has 36 heavy (non-hydrogen) atoms. The Labute approximate surface area is 210 Å². The molecule has 0 spiro atoms. The average molecular weight is 481 g/mol. The number of para-hydroxylation sites is 1. The number of hydrogen-bond acceptors (Lipinski definition) is 5. The largest absolute Gasteiger partial charge is 0.383 e. The van der Waals surface area contributed by atoms with Gasteiger partial charge >= 0.3 is 0 Å². The first-order valence-corrected chi connectivity index (χ1v) is 13.1.